The number of fused-ring (bicyclic) bond motifs is 2. The highest BCUT2D eigenvalue weighted by atomic mass is 16.7. The Morgan fingerprint density at radius 3 is 2.52 bits per heavy atom. The average molecular weight is 575 g/mol. The van der Waals surface area contributed by atoms with Crippen molar-refractivity contribution < 1.29 is 18.9 Å². The number of pyridine rings is 1. The lowest BCUT2D eigenvalue weighted by atomic mass is 9.94. The van der Waals surface area contributed by atoms with Crippen LogP contribution in [0.15, 0.2) is 41.2 Å². The minimum atomic E-state index is -0.153. The van der Waals surface area contributed by atoms with Crippen molar-refractivity contribution >= 4 is 10.9 Å². The van der Waals surface area contributed by atoms with Crippen LogP contribution in [-0.4, -0.2) is 51.1 Å². The molecule has 0 bridgehead atoms. The van der Waals surface area contributed by atoms with Crippen LogP contribution in [0.25, 0.3) is 10.9 Å². The molecule has 0 saturated heterocycles. The SMILES string of the molecule is COc1cc2cc(CN(Cc3ccc4c(c3)OCO4)[C@H](c3nnnn3C3CCCCC3)C(C)C)c(=O)[nH]c2cc1OC. The van der Waals surface area contributed by atoms with E-state index >= 15 is 0 Å². The summed E-state index contributed by atoms with van der Waals surface area (Å²) in [6, 6.07) is 11.7. The molecule has 1 atom stereocenters. The van der Waals surface area contributed by atoms with Crippen LogP contribution in [0.1, 0.15) is 75.0 Å². The summed E-state index contributed by atoms with van der Waals surface area (Å²) in [5, 5.41) is 14.1. The smallest absolute Gasteiger partial charge is 0.252 e. The summed E-state index contributed by atoms with van der Waals surface area (Å²) in [5.41, 5.74) is 2.22. The minimum absolute atomic E-state index is 0.146. The molecule has 1 aliphatic carbocycles. The molecular weight excluding hydrogens is 536 g/mol. The molecule has 2 aromatic heterocycles. The Bertz CT molecular complexity index is 1610. The predicted molar refractivity (Wildman–Crippen MR) is 157 cm³/mol. The average Bonchev–Trinajstić information content (AvgIpc) is 3.67. The van der Waals surface area contributed by atoms with Gasteiger partial charge in [0.05, 0.1) is 31.8 Å². The summed E-state index contributed by atoms with van der Waals surface area (Å²) in [6.45, 7) is 5.51. The molecule has 2 aliphatic rings. The van der Waals surface area contributed by atoms with Gasteiger partial charge in [0.1, 0.15) is 0 Å². The maximum Gasteiger partial charge on any atom is 0.252 e. The van der Waals surface area contributed by atoms with Gasteiger partial charge in [0.2, 0.25) is 6.79 Å². The van der Waals surface area contributed by atoms with Gasteiger partial charge in [-0.05, 0) is 59.0 Å². The fourth-order valence-electron chi connectivity index (χ4n) is 6.30. The van der Waals surface area contributed by atoms with Gasteiger partial charge in [-0.2, -0.15) is 0 Å². The van der Waals surface area contributed by atoms with E-state index in [1.165, 1.54) is 19.3 Å². The molecule has 4 aromatic rings. The Kier molecular flexibility index (Phi) is 8.01. The van der Waals surface area contributed by atoms with E-state index in [0.29, 0.717) is 35.7 Å². The van der Waals surface area contributed by atoms with Gasteiger partial charge in [0, 0.05) is 30.1 Å². The van der Waals surface area contributed by atoms with Crippen molar-refractivity contribution in [1.29, 1.82) is 0 Å². The Labute approximate surface area is 244 Å². The van der Waals surface area contributed by atoms with E-state index in [2.05, 4.69) is 39.3 Å². The molecule has 6 rings (SSSR count). The van der Waals surface area contributed by atoms with Crippen molar-refractivity contribution in [1.82, 2.24) is 30.1 Å². The second kappa shape index (κ2) is 12.0. The molecule has 0 radical (unpaired) electrons. The van der Waals surface area contributed by atoms with Crippen molar-refractivity contribution in [3.05, 3.63) is 63.7 Å². The first-order valence-corrected chi connectivity index (χ1v) is 14.6. The van der Waals surface area contributed by atoms with Gasteiger partial charge < -0.3 is 23.9 Å². The number of ether oxygens (including phenoxy) is 4. The lowest BCUT2D eigenvalue weighted by Gasteiger charge is -2.35. The molecule has 11 heteroatoms. The molecule has 42 heavy (non-hydrogen) atoms. The van der Waals surface area contributed by atoms with Crippen LogP contribution in [0, 0.1) is 5.92 Å². The number of hydrogen-bond acceptors (Lipinski definition) is 9. The van der Waals surface area contributed by atoms with Crippen LogP contribution < -0.4 is 24.5 Å². The number of H-pyrrole nitrogens is 1. The Morgan fingerprint density at radius 1 is 1.00 bits per heavy atom. The molecule has 11 nitrogen and oxygen atoms in total. The highest BCUT2D eigenvalue weighted by molar-refractivity contribution is 5.83. The molecule has 0 spiro atoms. The maximum atomic E-state index is 13.5. The number of benzene rings is 2. The van der Waals surface area contributed by atoms with Crippen LogP contribution in [0.4, 0.5) is 0 Å². The van der Waals surface area contributed by atoms with E-state index in [9.17, 15) is 4.79 Å². The van der Waals surface area contributed by atoms with E-state index in [1.54, 1.807) is 20.3 Å². The van der Waals surface area contributed by atoms with E-state index in [-0.39, 0.29) is 30.4 Å². The first-order valence-electron chi connectivity index (χ1n) is 14.6. The summed E-state index contributed by atoms with van der Waals surface area (Å²) in [6.07, 6.45) is 5.75. The van der Waals surface area contributed by atoms with Gasteiger partial charge in [-0.15, -0.1) is 5.10 Å². The number of nitrogens with one attached hydrogen (secondary N) is 1. The number of nitrogens with zero attached hydrogens (tertiary/aromatic N) is 5. The minimum Gasteiger partial charge on any atom is -0.493 e. The van der Waals surface area contributed by atoms with Gasteiger partial charge in [0.15, 0.2) is 28.8 Å². The second-order valence-electron chi connectivity index (χ2n) is 11.5. The highest BCUT2D eigenvalue weighted by Crippen LogP contribution is 2.37. The Hall–Kier alpha value is -4.12. The first-order chi connectivity index (χ1) is 20.4. The van der Waals surface area contributed by atoms with Gasteiger partial charge in [-0.3, -0.25) is 9.69 Å². The van der Waals surface area contributed by atoms with Gasteiger partial charge in [-0.25, -0.2) is 4.68 Å². The number of hydrogen-bond donors (Lipinski definition) is 1. The van der Waals surface area contributed by atoms with E-state index in [4.69, 9.17) is 18.9 Å². The van der Waals surface area contributed by atoms with Crippen molar-refractivity contribution in [3.8, 4) is 23.0 Å². The summed E-state index contributed by atoms with van der Waals surface area (Å²) >= 11 is 0. The quantitative estimate of drug-likeness (QED) is 0.274. The van der Waals surface area contributed by atoms with Gasteiger partial charge in [-0.1, -0.05) is 39.2 Å². The van der Waals surface area contributed by atoms with E-state index in [0.717, 1.165) is 41.1 Å². The fraction of sp³-hybridized carbons (Fsp3) is 0.484. The molecule has 2 aromatic carbocycles. The fourth-order valence-corrected chi connectivity index (χ4v) is 6.30. The second-order valence-corrected chi connectivity index (χ2v) is 11.5. The van der Waals surface area contributed by atoms with Crippen molar-refractivity contribution in [2.45, 2.75) is 71.1 Å². The predicted octanol–water partition coefficient (Wildman–Crippen LogP) is 5.17. The molecular formula is C31H38N6O5. The number of rotatable bonds is 10. The van der Waals surface area contributed by atoms with Crippen LogP contribution in [-0.2, 0) is 13.1 Å². The van der Waals surface area contributed by atoms with Gasteiger partial charge in [0.25, 0.3) is 5.56 Å². The third kappa shape index (κ3) is 5.53. The van der Waals surface area contributed by atoms with Crippen molar-refractivity contribution in [2.75, 3.05) is 21.0 Å². The van der Waals surface area contributed by atoms with Crippen molar-refractivity contribution in [3.63, 3.8) is 0 Å². The van der Waals surface area contributed by atoms with Crippen LogP contribution >= 0.6 is 0 Å². The van der Waals surface area contributed by atoms with E-state index < -0.39 is 0 Å². The molecule has 1 saturated carbocycles. The third-order valence-electron chi connectivity index (χ3n) is 8.35. The normalized spacial score (nSPS) is 16.0. The highest BCUT2D eigenvalue weighted by Gasteiger charge is 2.33. The zero-order chi connectivity index (χ0) is 29.2. The number of aromatic nitrogens is 5. The zero-order valence-electron chi connectivity index (χ0n) is 24.6. The Morgan fingerprint density at radius 2 is 1.76 bits per heavy atom. The Balaban J connectivity index is 1.41. The zero-order valence-corrected chi connectivity index (χ0v) is 24.6. The first kappa shape index (κ1) is 28.0. The lowest BCUT2D eigenvalue weighted by molar-refractivity contribution is 0.121. The topological polar surface area (TPSA) is 117 Å². The third-order valence-corrected chi connectivity index (χ3v) is 8.35. The monoisotopic (exact) mass is 574 g/mol. The van der Waals surface area contributed by atoms with Crippen LogP contribution in [0.2, 0.25) is 0 Å². The van der Waals surface area contributed by atoms with Crippen molar-refractivity contribution in [2.24, 2.45) is 5.92 Å². The molecule has 3 heterocycles. The number of aromatic amines is 1. The molecule has 222 valence electrons. The molecule has 0 unspecified atom stereocenters. The summed E-state index contributed by atoms with van der Waals surface area (Å²) in [5.74, 6) is 3.63. The van der Waals surface area contributed by atoms with Gasteiger partial charge >= 0.3 is 0 Å². The molecule has 0 amide bonds. The number of methoxy groups -OCH3 is 2. The standard InChI is InChI=1S/C31H38N6O5/c1-19(2)29(30-33-34-35-37(30)23-8-6-5-7-9-23)36(16-20-10-11-25-28(12-20)42-18-41-25)17-22-13-21-14-26(39-3)27(40-4)15-24(21)32-31(22)38/h10-15,19,23,29H,5-9,16-18H2,1-4H3,(H,32,38)/t29-/m0/s1. The van der Waals surface area contributed by atoms with Crippen LogP contribution in [0.3, 0.4) is 0 Å². The van der Waals surface area contributed by atoms with Crippen LogP contribution in [0.5, 0.6) is 23.0 Å². The summed E-state index contributed by atoms with van der Waals surface area (Å²) in [4.78, 5) is 18.8. The lowest BCUT2D eigenvalue weighted by Crippen LogP contribution is -2.36. The summed E-state index contributed by atoms with van der Waals surface area (Å²) in [7, 11) is 3.18. The summed E-state index contributed by atoms with van der Waals surface area (Å²) < 4.78 is 24.2. The largest absolute Gasteiger partial charge is 0.493 e. The maximum absolute atomic E-state index is 13.5. The molecule has 1 aliphatic heterocycles. The molecule has 1 fully saturated rings. The van der Waals surface area contributed by atoms with E-state index in [1.807, 2.05) is 35.0 Å². The number of tetrazole rings is 1. The molecule has 1 N–H and O–H groups in total.